The number of fused-ring (bicyclic) bond motifs is 2. The first kappa shape index (κ1) is 17.2. The zero-order valence-electron chi connectivity index (χ0n) is 15.8. The average Bonchev–Trinajstić information content (AvgIpc) is 3.13. The van der Waals surface area contributed by atoms with E-state index in [9.17, 15) is 9.59 Å². The number of ether oxygens (including phenoxy) is 1. The summed E-state index contributed by atoms with van der Waals surface area (Å²) in [5.41, 5.74) is 3.54. The number of carbonyl (C=O) groups excluding carboxylic acids is 2. The van der Waals surface area contributed by atoms with Gasteiger partial charge >= 0.3 is 0 Å². The van der Waals surface area contributed by atoms with Gasteiger partial charge in [0.05, 0.1) is 12.1 Å². The Hall–Kier alpha value is -2.89. The SMILES string of the molecule is O=C1CCc2cc(N3CCOc4cc(C(=O)N5CCCCC5)cnc43)ccc21. The molecule has 0 radical (unpaired) electrons. The zero-order valence-corrected chi connectivity index (χ0v) is 15.8. The number of rotatable bonds is 2. The van der Waals surface area contributed by atoms with Crippen LogP contribution in [-0.4, -0.2) is 47.8 Å². The molecule has 2 aromatic rings. The van der Waals surface area contributed by atoms with Gasteiger partial charge in [-0.3, -0.25) is 9.59 Å². The van der Waals surface area contributed by atoms with Gasteiger partial charge in [0.25, 0.3) is 5.91 Å². The maximum Gasteiger partial charge on any atom is 0.255 e. The van der Waals surface area contributed by atoms with Gasteiger partial charge in [-0.1, -0.05) is 0 Å². The molecule has 3 aliphatic rings. The van der Waals surface area contributed by atoms with Crippen molar-refractivity contribution in [1.82, 2.24) is 9.88 Å². The molecular formula is C22H23N3O3. The first-order valence-electron chi connectivity index (χ1n) is 10.1. The summed E-state index contributed by atoms with van der Waals surface area (Å²) in [7, 11) is 0. The Labute approximate surface area is 164 Å². The summed E-state index contributed by atoms with van der Waals surface area (Å²) in [6.07, 6.45) is 6.38. The van der Waals surface area contributed by atoms with Crippen LogP contribution in [0.25, 0.3) is 0 Å². The normalized spacial score (nSPS) is 18.5. The minimum absolute atomic E-state index is 0.0340. The van der Waals surface area contributed by atoms with Crippen LogP contribution >= 0.6 is 0 Å². The molecule has 0 saturated carbocycles. The largest absolute Gasteiger partial charge is 0.488 e. The van der Waals surface area contributed by atoms with Gasteiger partial charge in [0.15, 0.2) is 17.4 Å². The van der Waals surface area contributed by atoms with Crippen molar-refractivity contribution in [1.29, 1.82) is 0 Å². The molecule has 6 nitrogen and oxygen atoms in total. The molecule has 1 aliphatic carbocycles. The molecule has 144 valence electrons. The number of aromatic nitrogens is 1. The van der Waals surface area contributed by atoms with Crippen LogP contribution in [0.3, 0.4) is 0 Å². The van der Waals surface area contributed by atoms with Gasteiger partial charge in [-0.15, -0.1) is 0 Å². The minimum atomic E-state index is 0.0340. The Morgan fingerprint density at radius 1 is 1.04 bits per heavy atom. The smallest absolute Gasteiger partial charge is 0.255 e. The van der Waals surface area contributed by atoms with Gasteiger partial charge in [-0.25, -0.2) is 4.98 Å². The average molecular weight is 377 g/mol. The molecule has 0 N–H and O–H groups in total. The van der Waals surface area contributed by atoms with E-state index in [2.05, 4.69) is 16.0 Å². The van der Waals surface area contributed by atoms with Crippen LogP contribution in [0.15, 0.2) is 30.5 Å². The van der Waals surface area contributed by atoms with Crippen molar-refractivity contribution >= 4 is 23.2 Å². The number of amides is 1. The van der Waals surface area contributed by atoms with Crippen molar-refractivity contribution in [3.8, 4) is 5.75 Å². The van der Waals surface area contributed by atoms with E-state index in [4.69, 9.17) is 4.74 Å². The number of likely N-dealkylation sites (tertiary alicyclic amines) is 1. The third kappa shape index (κ3) is 2.93. The maximum absolute atomic E-state index is 12.8. The summed E-state index contributed by atoms with van der Waals surface area (Å²) in [6.45, 7) is 2.85. The fraction of sp³-hybridized carbons (Fsp3) is 0.409. The second-order valence-electron chi connectivity index (χ2n) is 7.66. The first-order chi connectivity index (χ1) is 13.7. The fourth-order valence-corrected chi connectivity index (χ4v) is 4.36. The lowest BCUT2D eigenvalue weighted by atomic mass is 10.1. The number of hydrogen-bond acceptors (Lipinski definition) is 5. The van der Waals surface area contributed by atoms with Gasteiger partial charge in [0.2, 0.25) is 0 Å². The van der Waals surface area contributed by atoms with Crippen LogP contribution in [0, 0.1) is 0 Å². The summed E-state index contributed by atoms with van der Waals surface area (Å²) < 4.78 is 5.83. The van der Waals surface area contributed by atoms with Crippen LogP contribution in [0.1, 0.15) is 52.0 Å². The molecular weight excluding hydrogens is 354 g/mol. The van der Waals surface area contributed by atoms with Crippen molar-refractivity contribution in [3.05, 3.63) is 47.2 Å². The molecule has 0 spiro atoms. The Balaban J connectivity index is 1.44. The van der Waals surface area contributed by atoms with Gasteiger partial charge < -0.3 is 14.5 Å². The van der Waals surface area contributed by atoms with Crippen molar-refractivity contribution in [2.45, 2.75) is 32.1 Å². The first-order valence-corrected chi connectivity index (χ1v) is 10.1. The van der Waals surface area contributed by atoms with E-state index in [1.807, 2.05) is 23.1 Å². The number of carbonyl (C=O) groups is 2. The van der Waals surface area contributed by atoms with Crippen LogP contribution < -0.4 is 9.64 Å². The lowest BCUT2D eigenvalue weighted by Crippen LogP contribution is -2.36. The number of benzene rings is 1. The van der Waals surface area contributed by atoms with Gasteiger partial charge in [-0.2, -0.15) is 0 Å². The van der Waals surface area contributed by atoms with E-state index in [1.165, 1.54) is 6.42 Å². The summed E-state index contributed by atoms with van der Waals surface area (Å²) in [4.78, 5) is 33.3. The highest BCUT2D eigenvalue weighted by atomic mass is 16.5. The third-order valence-electron chi connectivity index (χ3n) is 5.87. The number of anilines is 2. The Bertz CT molecular complexity index is 950. The number of Topliss-reactive ketones (excluding diaryl/α,β-unsaturated/α-hetero) is 1. The standard InChI is InChI=1S/C22H23N3O3/c26-19-7-4-15-12-17(5-6-18(15)19)25-10-11-28-20-13-16(14-23-21(20)25)22(27)24-8-2-1-3-9-24/h5-6,12-14H,1-4,7-11H2. The molecule has 1 amide bonds. The Morgan fingerprint density at radius 3 is 2.75 bits per heavy atom. The number of nitrogens with zero attached hydrogens (tertiary/aromatic N) is 3. The molecule has 28 heavy (non-hydrogen) atoms. The predicted octanol–water partition coefficient (Wildman–Crippen LogP) is 3.37. The highest BCUT2D eigenvalue weighted by molar-refractivity contribution is 6.01. The Morgan fingerprint density at radius 2 is 1.89 bits per heavy atom. The van der Waals surface area contributed by atoms with Crippen molar-refractivity contribution in [2.75, 3.05) is 31.1 Å². The second-order valence-corrected chi connectivity index (χ2v) is 7.66. The van der Waals surface area contributed by atoms with Crippen molar-refractivity contribution in [3.63, 3.8) is 0 Å². The van der Waals surface area contributed by atoms with Crippen LogP contribution in [0.5, 0.6) is 5.75 Å². The van der Waals surface area contributed by atoms with Crippen molar-refractivity contribution < 1.29 is 14.3 Å². The molecule has 5 rings (SSSR count). The molecule has 6 heteroatoms. The highest BCUT2D eigenvalue weighted by Gasteiger charge is 2.26. The molecule has 1 aromatic carbocycles. The minimum Gasteiger partial charge on any atom is -0.488 e. The number of hydrogen-bond donors (Lipinski definition) is 0. The van der Waals surface area contributed by atoms with Gasteiger partial charge in [0, 0.05) is 37.0 Å². The predicted molar refractivity (Wildman–Crippen MR) is 106 cm³/mol. The summed E-state index contributed by atoms with van der Waals surface area (Å²) >= 11 is 0. The van der Waals surface area contributed by atoms with E-state index in [0.29, 0.717) is 30.9 Å². The van der Waals surface area contributed by atoms with Crippen LogP contribution in [0.4, 0.5) is 11.5 Å². The van der Waals surface area contributed by atoms with Crippen LogP contribution in [-0.2, 0) is 6.42 Å². The van der Waals surface area contributed by atoms with E-state index >= 15 is 0 Å². The summed E-state index contributed by atoms with van der Waals surface area (Å²) in [6, 6.07) is 7.81. The topological polar surface area (TPSA) is 62.7 Å². The van der Waals surface area contributed by atoms with Crippen molar-refractivity contribution in [2.24, 2.45) is 0 Å². The van der Waals surface area contributed by atoms with E-state index in [-0.39, 0.29) is 11.7 Å². The van der Waals surface area contributed by atoms with E-state index < -0.39 is 0 Å². The Kier molecular flexibility index (Phi) is 4.26. The molecule has 0 atom stereocenters. The number of ketones is 1. The fourth-order valence-electron chi connectivity index (χ4n) is 4.36. The van der Waals surface area contributed by atoms with Gasteiger partial charge in [-0.05, 0) is 55.5 Å². The molecule has 1 aromatic heterocycles. The summed E-state index contributed by atoms with van der Waals surface area (Å²) in [5.74, 6) is 1.63. The molecule has 0 bridgehead atoms. The number of pyridine rings is 1. The molecule has 2 aliphatic heterocycles. The van der Waals surface area contributed by atoms with Crippen LogP contribution in [0.2, 0.25) is 0 Å². The maximum atomic E-state index is 12.8. The van der Waals surface area contributed by atoms with E-state index in [0.717, 1.165) is 55.0 Å². The lowest BCUT2D eigenvalue weighted by molar-refractivity contribution is 0.0723. The van der Waals surface area contributed by atoms with Gasteiger partial charge in [0.1, 0.15) is 6.61 Å². The molecule has 0 unspecified atom stereocenters. The summed E-state index contributed by atoms with van der Waals surface area (Å²) in [5, 5.41) is 0. The highest BCUT2D eigenvalue weighted by Crippen LogP contribution is 2.37. The van der Waals surface area contributed by atoms with E-state index in [1.54, 1.807) is 6.20 Å². The second kappa shape index (κ2) is 6.93. The molecule has 1 saturated heterocycles. The number of aryl methyl sites for hydroxylation is 1. The monoisotopic (exact) mass is 377 g/mol. The lowest BCUT2D eigenvalue weighted by Gasteiger charge is -2.31. The molecule has 3 heterocycles. The quantitative estimate of drug-likeness (QED) is 0.803. The zero-order chi connectivity index (χ0) is 19.1. The third-order valence-corrected chi connectivity index (χ3v) is 5.87. The number of piperidine rings is 1. The molecule has 1 fully saturated rings.